The van der Waals surface area contributed by atoms with Crippen LogP contribution in [0.5, 0.6) is 5.75 Å². The maximum absolute atomic E-state index is 11.7. The standard InChI is InChI=1S/C13H10N4O4/c18-10-4-5-12(17(20)21)9(7-10)8-15-16-13(19)11-3-1-2-6-14-11/h1-8,18H,(H,16,19)/b15-8+. The molecule has 1 aromatic heterocycles. The molecule has 0 aliphatic heterocycles. The number of nitro benzene ring substituents is 1. The fourth-order valence-electron chi connectivity index (χ4n) is 1.53. The van der Waals surface area contributed by atoms with Gasteiger partial charge in [-0.3, -0.25) is 19.9 Å². The topological polar surface area (TPSA) is 118 Å². The van der Waals surface area contributed by atoms with Crippen molar-refractivity contribution in [3.8, 4) is 5.75 Å². The third-order valence-corrected chi connectivity index (χ3v) is 2.48. The number of nitro groups is 1. The fraction of sp³-hybridized carbons (Fsp3) is 0. The zero-order chi connectivity index (χ0) is 15.2. The number of nitrogens with one attached hydrogen (secondary N) is 1. The van der Waals surface area contributed by atoms with Crippen LogP contribution in [0, 0.1) is 10.1 Å². The summed E-state index contributed by atoms with van der Waals surface area (Å²) < 4.78 is 0. The van der Waals surface area contributed by atoms with Crippen LogP contribution in [0.3, 0.4) is 0 Å². The molecule has 106 valence electrons. The van der Waals surface area contributed by atoms with E-state index in [0.717, 1.165) is 12.3 Å². The van der Waals surface area contributed by atoms with Crippen molar-refractivity contribution in [2.24, 2.45) is 5.10 Å². The Hall–Kier alpha value is -3.29. The summed E-state index contributed by atoms with van der Waals surface area (Å²) in [6.45, 7) is 0. The van der Waals surface area contributed by atoms with Crippen LogP contribution in [0.1, 0.15) is 16.1 Å². The van der Waals surface area contributed by atoms with E-state index >= 15 is 0 Å². The predicted octanol–water partition coefficient (Wildman–Crippen LogP) is 1.46. The van der Waals surface area contributed by atoms with Crippen LogP contribution in [-0.2, 0) is 0 Å². The average molecular weight is 286 g/mol. The lowest BCUT2D eigenvalue weighted by Crippen LogP contribution is -2.18. The molecule has 1 heterocycles. The number of phenols is 1. The third-order valence-electron chi connectivity index (χ3n) is 2.48. The number of amides is 1. The number of hydrogen-bond donors (Lipinski definition) is 2. The monoisotopic (exact) mass is 286 g/mol. The summed E-state index contributed by atoms with van der Waals surface area (Å²) in [4.78, 5) is 25.7. The van der Waals surface area contributed by atoms with Crippen LogP contribution >= 0.6 is 0 Å². The summed E-state index contributed by atoms with van der Waals surface area (Å²) in [6, 6.07) is 8.33. The number of rotatable bonds is 4. The summed E-state index contributed by atoms with van der Waals surface area (Å²) >= 11 is 0. The first-order chi connectivity index (χ1) is 10.1. The average Bonchev–Trinajstić information content (AvgIpc) is 2.48. The van der Waals surface area contributed by atoms with Gasteiger partial charge in [0.15, 0.2) is 0 Å². The molecule has 0 aliphatic carbocycles. The molecule has 0 bridgehead atoms. The van der Waals surface area contributed by atoms with E-state index in [9.17, 15) is 20.0 Å². The molecule has 0 unspecified atom stereocenters. The lowest BCUT2D eigenvalue weighted by Gasteiger charge is -1.99. The minimum absolute atomic E-state index is 0.0707. The smallest absolute Gasteiger partial charge is 0.289 e. The Morgan fingerprint density at radius 3 is 2.86 bits per heavy atom. The van der Waals surface area contributed by atoms with Gasteiger partial charge in [-0.15, -0.1) is 0 Å². The normalized spacial score (nSPS) is 10.5. The van der Waals surface area contributed by atoms with Crippen molar-refractivity contribution in [2.75, 3.05) is 0 Å². The van der Waals surface area contributed by atoms with Crippen LogP contribution in [0.4, 0.5) is 5.69 Å². The summed E-state index contributed by atoms with van der Waals surface area (Å²) in [5.41, 5.74) is 2.20. The van der Waals surface area contributed by atoms with Gasteiger partial charge in [-0.05, 0) is 24.3 Å². The largest absolute Gasteiger partial charge is 0.508 e. The molecule has 0 saturated carbocycles. The number of pyridine rings is 1. The quantitative estimate of drug-likeness (QED) is 0.501. The lowest BCUT2D eigenvalue weighted by molar-refractivity contribution is -0.385. The molecule has 2 N–H and O–H groups in total. The van der Waals surface area contributed by atoms with Gasteiger partial charge in [-0.1, -0.05) is 6.07 Å². The highest BCUT2D eigenvalue weighted by atomic mass is 16.6. The van der Waals surface area contributed by atoms with Gasteiger partial charge in [0.05, 0.1) is 16.7 Å². The van der Waals surface area contributed by atoms with E-state index in [2.05, 4.69) is 15.5 Å². The maximum atomic E-state index is 11.7. The van der Waals surface area contributed by atoms with Gasteiger partial charge in [0, 0.05) is 12.3 Å². The summed E-state index contributed by atoms with van der Waals surface area (Å²) in [5, 5.41) is 23.8. The van der Waals surface area contributed by atoms with Crippen LogP contribution in [0.15, 0.2) is 47.7 Å². The first-order valence-electron chi connectivity index (χ1n) is 5.80. The van der Waals surface area contributed by atoms with Crippen molar-refractivity contribution in [1.82, 2.24) is 10.4 Å². The third kappa shape index (κ3) is 3.60. The number of hydrogen-bond acceptors (Lipinski definition) is 6. The Bertz CT molecular complexity index is 701. The number of phenolic OH excluding ortho intramolecular Hbond substituents is 1. The zero-order valence-electron chi connectivity index (χ0n) is 10.6. The molecule has 8 nitrogen and oxygen atoms in total. The number of carbonyl (C=O) groups is 1. The van der Waals surface area contributed by atoms with Crippen molar-refractivity contribution < 1.29 is 14.8 Å². The molecule has 2 aromatic rings. The highest BCUT2D eigenvalue weighted by Gasteiger charge is 2.12. The highest BCUT2D eigenvalue weighted by Crippen LogP contribution is 2.21. The van der Waals surface area contributed by atoms with Crippen LogP contribution in [0.25, 0.3) is 0 Å². The SMILES string of the molecule is O=C(N/N=C/c1cc(O)ccc1[N+](=O)[O-])c1ccccn1. The number of nitrogens with zero attached hydrogens (tertiary/aromatic N) is 3. The van der Waals surface area contributed by atoms with Gasteiger partial charge in [-0.25, -0.2) is 5.43 Å². The number of hydrazone groups is 1. The van der Waals surface area contributed by atoms with Crippen molar-refractivity contribution in [3.05, 3.63) is 64.0 Å². The second-order valence-electron chi connectivity index (χ2n) is 3.91. The molecule has 0 saturated heterocycles. The summed E-state index contributed by atoms with van der Waals surface area (Å²) in [5.74, 6) is -0.687. The van der Waals surface area contributed by atoms with Crippen molar-refractivity contribution >= 4 is 17.8 Å². The van der Waals surface area contributed by atoms with Crippen molar-refractivity contribution in [3.63, 3.8) is 0 Å². The number of carbonyl (C=O) groups excluding carboxylic acids is 1. The number of benzene rings is 1. The minimum atomic E-state index is -0.610. The molecule has 2 rings (SSSR count). The zero-order valence-corrected chi connectivity index (χ0v) is 10.6. The Kier molecular flexibility index (Phi) is 4.20. The Morgan fingerprint density at radius 2 is 2.19 bits per heavy atom. The van der Waals surface area contributed by atoms with Gasteiger partial charge in [0.25, 0.3) is 11.6 Å². The van der Waals surface area contributed by atoms with E-state index < -0.39 is 10.8 Å². The van der Waals surface area contributed by atoms with E-state index in [0.29, 0.717) is 0 Å². The molecule has 21 heavy (non-hydrogen) atoms. The summed E-state index contributed by atoms with van der Waals surface area (Å²) in [6.07, 6.45) is 2.54. The second kappa shape index (κ2) is 6.24. The first-order valence-corrected chi connectivity index (χ1v) is 5.80. The second-order valence-corrected chi connectivity index (χ2v) is 3.91. The number of aromatic hydroxyl groups is 1. The molecule has 0 aliphatic rings. The van der Waals surface area contributed by atoms with Gasteiger partial charge in [-0.2, -0.15) is 5.10 Å². The molecular weight excluding hydrogens is 276 g/mol. The maximum Gasteiger partial charge on any atom is 0.289 e. The minimum Gasteiger partial charge on any atom is -0.508 e. The van der Waals surface area contributed by atoms with E-state index in [1.165, 1.54) is 24.4 Å². The Morgan fingerprint density at radius 1 is 1.38 bits per heavy atom. The van der Waals surface area contributed by atoms with Crippen LogP contribution in [-0.4, -0.2) is 27.1 Å². The molecular formula is C13H10N4O4. The molecule has 0 spiro atoms. The number of aromatic nitrogens is 1. The van der Waals surface area contributed by atoms with E-state index in [4.69, 9.17) is 0 Å². The molecule has 0 fully saturated rings. The van der Waals surface area contributed by atoms with E-state index in [-0.39, 0.29) is 22.7 Å². The fourth-order valence-corrected chi connectivity index (χ4v) is 1.53. The van der Waals surface area contributed by atoms with Gasteiger partial charge >= 0.3 is 0 Å². The van der Waals surface area contributed by atoms with Gasteiger partial charge in [0.2, 0.25) is 0 Å². The van der Waals surface area contributed by atoms with Crippen LogP contribution < -0.4 is 5.43 Å². The molecule has 0 radical (unpaired) electrons. The first kappa shape index (κ1) is 14.1. The van der Waals surface area contributed by atoms with E-state index in [1.54, 1.807) is 12.1 Å². The molecule has 0 atom stereocenters. The van der Waals surface area contributed by atoms with Crippen LogP contribution in [0.2, 0.25) is 0 Å². The highest BCUT2D eigenvalue weighted by molar-refractivity contribution is 5.93. The Balaban J connectivity index is 2.13. The molecule has 1 amide bonds. The van der Waals surface area contributed by atoms with Crippen molar-refractivity contribution in [2.45, 2.75) is 0 Å². The molecule has 8 heteroatoms. The van der Waals surface area contributed by atoms with E-state index in [1.807, 2.05) is 0 Å². The van der Waals surface area contributed by atoms with Gasteiger partial charge in [0.1, 0.15) is 11.4 Å². The molecule has 1 aromatic carbocycles. The lowest BCUT2D eigenvalue weighted by atomic mass is 10.2. The summed E-state index contributed by atoms with van der Waals surface area (Å²) in [7, 11) is 0. The predicted molar refractivity (Wildman–Crippen MR) is 74.1 cm³/mol. The van der Waals surface area contributed by atoms with Gasteiger partial charge < -0.3 is 5.11 Å². The Labute approximate surface area is 118 Å². The van der Waals surface area contributed by atoms with Crippen molar-refractivity contribution in [1.29, 1.82) is 0 Å².